The lowest BCUT2D eigenvalue weighted by Crippen LogP contribution is -2.40. The summed E-state index contributed by atoms with van der Waals surface area (Å²) >= 11 is 5.98. The maximum absolute atomic E-state index is 13.3. The number of benzene rings is 1. The van der Waals surface area contributed by atoms with E-state index < -0.39 is 17.3 Å². The molecule has 0 unspecified atom stereocenters. The maximum Gasteiger partial charge on any atom is 0.416 e. The lowest BCUT2D eigenvalue weighted by atomic mass is 9.75. The van der Waals surface area contributed by atoms with Crippen molar-refractivity contribution in [1.82, 2.24) is 0 Å². The zero-order valence-electron chi connectivity index (χ0n) is 11.2. The molecule has 1 aliphatic carbocycles. The Morgan fingerprint density at radius 1 is 1.20 bits per heavy atom. The molecule has 1 saturated carbocycles. The van der Waals surface area contributed by atoms with E-state index in [9.17, 15) is 13.2 Å². The number of nitrogens with two attached hydrogens (primary N) is 1. The van der Waals surface area contributed by atoms with Gasteiger partial charge < -0.3 is 10.5 Å². The molecular weight excluding hydrogens is 291 g/mol. The van der Waals surface area contributed by atoms with Gasteiger partial charge in [-0.2, -0.15) is 13.2 Å². The Kier molecular flexibility index (Phi) is 4.21. The second-order valence-corrected chi connectivity index (χ2v) is 5.65. The number of methoxy groups -OCH3 is 1. The minimum absolute atomic E-state index is 0.0159. The fraction of sp³-hybridized carbons (Fsp3) is 0.571. The normalized spacial score (nSPS) is 18.9. The predicted molar refractivity (Wildman–Crippen MR) is 72.0 cm³/mol. The summed E-state index contributed by atoms with van der Waals surface area (Å²) in [4.78, 5) is 0. The second-order valence-electron chi connectivity index (χ2n) is 5.25. The fourth-order valence-corrected chi connectivity index (χ4v) is 3.05. The molecule has 1 fully saturated rings. The molecule has 2 N–H and O–H groups in total. The van der Waals surface area contributed by atoms with Gasteiger partial charge in [-0.05, 0) is 30.5 Å². The molecule has 0 heterocycles. The van der Waals surface area contributed by atoms with E-state index in [2.05, 4.69) is 0 Å². The first-order valence-electron chi connectivity index (χ1n) is 6.52. The minimum Gasteiger partial charge on any atom is -0.495 e. The number of alkyl halides is 3. The lowest BCUT2D eigenvalue weighted by Gasteiger charge is -2.36. The minimum atomic E-state index is -4.48. The zero-order chi connectivity index (χ0) is 15.0. The molecule has 1 aromatic rings. The summed E-state index contributed by atoms with van der Waals surface area (Å²) in [5.74, 6) is 0.0159. The summed E-state index contributed by atoms with van der Waals surface area (Å²) in [6.45, 7) is 0. The Morgan fingerprint density at radius 3 is 2.30 bits per heavy atom. The maximum atomic E-state index is 13.3. The Balaban J connectivity index is 2.58. The highest BCUT2D eigenvalue weighted by Crippen LogP contribution is 2.45. The molecule has 0 spiro atoms. The van der Waals surface area contributed by atoms with Gasteiger partial charge in [-0.25, -0.2) is 0 Å². The molecule has 0 bridgehead atoms. The van der Waals surface area contributed by atoms with E-state index in [0.29, 0.717) is 12.8 Å². The van der Waals surface area contributed by atoms with Crippen LogP contribution in [-0.2, 0) is 11.7 Å². The van der Waals surface area contributed by atoms with E-state index in [4.69, 9.17) is 22.1 Å². The van der Waals surface area contributed by atoms with Gasteiger partial charge in [0.25, 0.3) is 0 Å². The van der Waals surface area contributed by atoms with Crippen LogP contribution in [0.25, 0.3) is 0 Å². The van der Waals surface area contributed by atoms with Crippen molar-refractivity contribution in [3.8, 4) is 5.75 Å². The summed E-state index contributed by atoms with van der Waals surface area (Å²) in [5.41, 5.74) is 4.61. The van der Waals surface area contributed by atoms with Crippen LogP contribution in [0.3, 0.4) is 0 Å². The van der Waals surface area contributed by atoms with E-state index in [1.54, 1.807) is 0 Å². The molecule has 2 rings (SSSR count). The topological polar surface area (TPSA) is 35.2 Å². The van der Waals surface area contributed by atoms with Crippen molar-refractivity contribution in [2.75, 3.05) is 7.11 Å². The number of ether oxygens (including phenoxy) is 1. The molecule has 0 amide bonds. The Morgan fingerprint density at radius 2 is 1.80 bits per heavy atom. The molecule has 0 radical (unpaired) electrons. The lowest BCUT2D eigenvalue weighted by molar-refractivity contribution is -0.139. The molecule has 20 heavy (non-hydrogen) atoms. The van der Waals surface area contributed by atoms with Gasteiger partial charge in [-0.3, -0.25) is 0 Å². The predicted octanol–water partition coefficient (Wildman–Crippen LogP) is 4.49. The average Bonchev–Trinajstić information content (AvgIpc) is 2.38. The fourth-order valence-electron chi connectivity index (χ4n) is 2.81. The van der Waals surface area contributed by atoms with E-state index >= 15 is 0 Å². The summed E-state index contributed by atoms with van der Waals surface area (Å²) in [6.07, 6.45) is -0.729. The number of hydrogen-bond donors (Lipinski definition) is 1. The number of hydrogen-bond acceptors (Lipinski definition) is 2. The second kappa shape index (κ2) is 5.45. The number of rotatable bonds is 2. The van der Waals surface area contributed by atoms with E-state index in [1.165, 1.54) is 13.2 Å². The van der Waals surface area contributed by atoms with Crippen LogP contribution < -0.4 is 10.5 Å². The third kappa shape index (κ3) is 2.88. The molecule has 0 aromatic heterocycles. The van der Waals surface area contributed by atoms with Gasteiger partial charge in [-0.1, -0.05) is 30.9 Å². The first kappa shape index (κ1) is 15.4. The first-order valence-corrected chi connectivity index (χ1v) is 6.90. The van der Waals surface area contributed by atoms with Crippen molar-refractivity contribution in [3.05, 3.63) is 28.3 Å². The van der Waals surface area contributed by atoms with Crippen LogP contribution in [0.15, 0.2) is 12.1 Å². The Bertz CT molecular complexity index is 496. The molecule has 2 nitrogen and oxygen atoms in total. The average molecular weight is 308 g/mol. The third-order valence-electron chi connectivity index (χ3n) is 3.88. The van der Waals surface area contributed by atoms with Crippen molar-refractivity contribution in [2.24, 2.45) is 5.73 Å². The molecule has 0 atom stereocenters. The van der Waals surface area contributed by atoms with Gasteiger partial charge in [0.1, 0.15) is 5.75 Å². The van der Waals surface area contributed by atoms with E-state index in [0.717, 1.165) is 25.3 Å². The van der Waals surface area contributed by atoms with Crippen LogP contribution in [-0.4, -0.2) is 7.11 Å². The molecule has 112 valence electrons. The Labute approximate surface area is 121 Å². The quantitative estimate of drug-likeness (QED) is 0.874. The molecule has 0 aliphatic heterocycles. The van der Waals surface area contributed by atoms with Crippen LogP contribution in [0.2, 0.25) is 5.02 Å². The van der Waals surface area contributed by atoms with Crippen LogP contribution in [0.4, 0.5) is 13.2 Å². The van der Waals surface area contributed by atoms with E-state index in [1.807, 2.05) is 0 Å². The van der Waals surface area contributed by atoms with Gasteiger partial charge in [-0.15, -0.1) is 0 Å². The summed E-state index contributed by atoms with van der Waals surface area (Å²) in [5, 5.41) is 0.158. The van der Waals surface area contributed by atoms with Gasteiger partial charge in [0, 0.05) is 5.54 Å². The Hall–Kier alpha value is -0.940. The standard InChI is InChI=1S/C14H17ClF3NO/c1-20-12-8-10(14(16,17)18)9(7-11(12)15)13(19)5-3-2-4-6-13/h7-8H,2-6,19H2,1H3. The van der Waals surface area contributed by atoms with Crippen molar-refractivity contribution in [1.29, 1.82) is 0 Å². The largest absolute Gasteiger partial charge is 0.495 e. The SMILES string of the molecule is COc1cc(C(F)(F)F)c(C2(N)CCCCC2)cc1Cl. The first-order chi connectivity index (χ1) is 9.28. The molecule has 0 saturated heterocycles. The van der Waals surface area contributed by atoms with E-state index in [-0.39, 0.29) is 16.3 Å². The summed E-state index contributed by atoms with van der Waals surface area (Å²) in [6, 6.07) is 2.26. The highest BCUT2D eigenvalue weighted by Gasteiger charge is 2.41. The monoisotopic (exact) mass is 307 g/mol. The highest BCUT2D eigenvalue weighted by molar-refractivity contribution is 6.32. The molecule has 6 heteroatoms. The molecule has 1 aliphatic rings. The smallest absolute Gasteiger partial charge is 0.416 e. The van der Waals surface area contributed by atoms with Crippen molar-refractivity contribution in [2.45, 2.75) is 43.8 Å². The van der Waals surface area contributed by atoms with Gasteiger partial charge >= 0.3 is 6.18 Å². The molecular formula is C14H17ClF3NO. The third-order valence-corrected chi connectivity index (χ3v) is 4.17. The summed E-state index contributed by atoms with van der Waals surface area (Å²) in [7, 11) is 1.29. The van der Waals surface area contributed by atoms with Crippen LogP contribution in [0, 0.1) is 0 Å². The van der Waals surface area contributed by atoms with Gasteiger partial charge in [0.05, 0.1) is 17.7 Å². The van der Waals surface area contributed by atoms with Crippen LogP contribution >= 0.6 is 11.6 Å². The summed E-state index contributed by atoms with van der Waals surface area (Å²) < 4.78 is 44.7. The van der Waals surface area contributed by atoms with Crippen molar-refractivity contribution >= 4 is 11.6 Å². The van der Waals surface area contributed by atoms with Gasteiger partial charge in [0.15, 0.2) is 0 Å². The van der Waals surface area contributed by atoms with Crippen LogP contribution in [0.5, 0.6) is 5.75 Å². The molecule has 1 aromatic carbocycles. The zero-order valence-corrected chi connectivity index (χ0v) is 11.9. The number of halogens is 4. The highest BCUT2D eigenvalue weighted by atomic mass is 35.5. The van der Waals surface area contributed by atoms with Gasteiger partial charge in [0.2, 0.25) is 0 Å². The van der Waals surface area contributed by atoms with Crippen LogP contribution in [0.1, 0.15) is 43.2 Å². The van der Waals surface area contributed by atoms with Crippen molar-refractivity contribution in [3.63, 3.8) is 0 Å². The van der Waals surface area contributed by atoms with Crippen molar-refractivity contribution < 1.29 is 17.9 Å².